The lowest BCUT2D eigenvalue weighted by Crippen LogP contribution is -2.08. The van der Waals surface area contributed by atoms with E-state index in [1.807, 2.05) is 6.92 Å². The summed E-state index contributed by atoms with van der Waals surface area (Å²) in [6.45, 7) is 3.46. The molecule has 1 aromatic carbocycles. The van der Waals surface area contributed by atoms with E-state index in [-0.39, 0.29) is 31.1 Å². The SMILES string of the molecule is Cc1cc(-c2nnc(COC(=O)CCC(=O)c3ccc(Cl)cc3)o2)c(C)o1. The number of halogens is 1. The van der Waals surface area contributed by atoms with Crippen molar-refractivity contribution in [2.24, 2.45) is 0 Å². The van der Waals surface area contributed by atoms with Gasteiger partial charge in [-0.05, 0) is 44.2 Å². The van der Waals surface area contributed by atoms with Gasteiger partial charge in [0.1, 0.15) is 11.5 Å². The zero-order valence-corrected chi connectivity index (χ0v) is 15.6. The summed E-state index contributed by atoms with van der Waals surface area (Å²) >= 11 is 5.78. The molecule has 0 N–H and O–H groups in total. The molecular formula is C19H17ClN2O5. The quantitative estimate of drug-likeness (QED) is 0.439. The van der Waals surface area contributed by atoms with Crippen molar-refractivity contribution in [1.29, 1.82) is 0 Å². The third-order valence-corrected chi connectivity index (χ3v) is 4.07. The minimum absolute atomic E-state index is 0.0392. The number of hydrogen-bond donors (Lipinski definition) is 0. The van der Waals surface area contributed by atoms with Crippen LogP contribution in [0.3, 0.4) is 0 Å². The number of hydrogen-bond acceptors (Lipinski definition) is 7. The Bertz CT molecular complexity index is 959. The number of rotatable bonds is 7. The molecule has 0 aliphatic carbocycles. The van der Waals surface area contributed by atoms with Gasteiger partial charge in [0.25, 0.3) is 11.8 Å². The van der Waals surface area contributed by atoms with E-state index in [1.165, 1.54) is 0 Å². The van der Waals surface area contributed by atoms with Crippen LogP contribution >= 0.6 is 11.6 Å². The number of carbonyl (C=O) groups excluding carboxylic acids is 2. The Labute approximate surface area is 160 Å². The molecule has 2 heterocycles. The third-order valence-electron chi connectivity index (χ3n) is 3.82. The lowest BCUT2D eigenvalue weighted by atomic mass is 10.1. The Morgan fingerprint density at radius 3 is 2.48 bits per heavy atom. The van der Waals surface area contributed by atoms with Gasteiger partial charge in [-0.2, -0.15) is 0 Å². The van der Waals surface area contributed by atoms with Gasteiger partial charge in [-0.25, -0.2) is 0 Å². The standard InChI is InChI=1S/C19H17ClN2O5/c1-11-9-15(12(2)26-11)19-22-21-17(27-19)10-25-18(24)8-7-16(23)13-3-5-14(20)6-4-13/h3-6,9H,7-8,10H2,1-2H3. The number of ketones is 1. The van der Waals surface area contributed by atoms with Crippen LogP contribution in [0.15, 0.2) is 39.2 Å². The van der Waals surface area contributed by atoms with E-state index in [4.69, 9.17) is 25.2 Å². The van der Waals surface area contributed by atoms with Gasteiger partial charge in [0, 0.05) is 17.0 Å². The molecule has 8 heteroatoms. The molecule has 0 radical (unpaired) electrons. The normalized spacial score (nSPS) is 10.8. The number of esters is 1. The van der Waals surface area contributed by atoms with Crippen LogP contribution in [0.25, 0.3) is 11.5 Å². The van der Waals surface area contributed by atoms with E-state index in [9.17, 15) is 9.59 Å². The average molecular weight is 389 g/mol. The Hall–Kier alpha value is -2.93. The van der Waals surface area contributed by atoms with Crippen LogP contribution in [0, 0.1) is 13.8 Å². The first kappa shape index (κ1) is 18.8. The highest BCUT2D eigenvalue weighted by Crippen LogP contribution is 2.25. The first-order valence-corrected chi connectivity index (χ1v) is 8.64. The summed E-state index contributed by atoms with van der Waals surface area (Å²) in [5.41, 5.74) is 1.20. The molecule has 0 bridgehead atoms. The Kier molecular flexibility index (Phi) is 5.71. The van der Waals surface area contributed by atoms with Gasteiger partial charge in [0.15, 0.2) is 12.4 Å². The Morgan fingerprint density at radius 1 is 1.07 bits per heavy atom. The number of nitrogens with zero attached hydrogens (tertiary/aromatic N) is 2. The van der Waals surface area contributed by atoms with E-state index in [0.29, 0.717) is 27.8 Å². The molecule has 27 heavy (non-hydrogen) atoms. The van der Waals surface area contributed by atoms with Crippen molar-refractivity contribution < 1.29 is 23.2 Å². The van der Waals surface area contributed by atoms with Crippen molar-refractivity contribution in [3.8, 4) is 11.5 Å². The Morgan fingerprint density at radius 2 is 1.81 bits per heavy atom. The fourth-order valence-electron chi connectivity index (χ4n) is 2.47. The number of benzene rings is 1. The van der Waals surface area contributed by atoms with Crippen LogP contribution in [0.4, 0.5) is 0 Å². The van der Waals surface area contributed by atoms with Crippen LogP contribution in [0.2, 0.25) is 5.02 Å². The molecule has 0 atom stereocenters. The monoisotopic (exact) mass is 388 g/mol. The summed E-state index contributed by atoms with van der Waals surface area (Å²) in [7, 11) is 0. The molecule has 0 saturated carbocycles. The highest BCUT2D eigenvalue weighted by atomic mass is 35.5. The largest absolute Gasteiger partial charge is 0.466 e. The molecule has 2 aromatic heterocycles. The minimum Gasteiger partial charge on any atom is -0.466 e. The molecule has 0 aliphatic rings. The van der Waals surface area contributed by atoms with Gasteiger partial charge in [0.05, 0.1) is 12.0 Å². The van der Waals surface area contributed by atoms with Crippen LogP contribution in [-0.4, -0.2) is 21.9 Å². The van der Waals surface area contributed by atoms with Crippen LogP contribution in [-0.2, 0) is 16.1 Å². The second-order valence-corrected chi connectivity index (χ2v) is 6.36. The lowest BCUT2D eigenvalue weighted by molar-refractivity contribution is -0.145. The van der Waals surface area contributed by atoms with Crippen molar-refractivity contribution in [2.75, 3.05) is 0 Å². The molecular weight excluding hydrogens is 372 g/mol. The summed E-state index contributed by atoms with van der Waals surface area (Å²) in [5.74, 6) is 1.19. The van der Waals surface area contributed by atoms with Crippen molar-refractivity contribution in [2.45, 2.75) is 33.3 Å². The van der Waals surface area contributed by atoms with E-state index < -0.39 is 5.97 Å². The van der Waals surface area contributed by atoms with E-state index in [2.05, 4.69) is 10.2 Å². The molecule has 3 rings (SSSR count). The van der Waals surface area contributed by atoms with Gasteiger partial charge in [0.2, 0.25) is 0 Å². The van der Waals surface area contributed by atoms with Crippen molar-refractivity contribution in [3.63, 3.8) is 0 Å². The molecule has 0 aliphatic heterocycles. The third kappa shape index (κ3) is 4.83. The highest BCUT2D eigenvalue weighted by molar-refractivity contribution is 6.30. The summed E-state index contributed by atoms with van der Waals surface area (Å²) in [5, 5.41) is 8.32. The van der Waals surface area contributed by atoms with E-state index in [0.717, 1.165) is 5.76 Å². The van der Waals surface area contributed by atoms with Gasteiger partial charge in [-0.1, -0.05) is 11.6 Å². The number of aromatic nitrogens is 2. The summed E-state index contributed by atoms with van der Waals surface area (Å²) < 4.78 is 16.0. The summed E-state index contributed by atoms with van der Waals surface area (Å²) in [6, 6.07) is 8.29. The van der Waals surface area contributed by atoms with E-state index in [1.54, 1.807) is 37.3 Å². The zero-order valence-electron chi connectivity index (χ0n) is 14.8. The maximum atomic E-state index is 12.0. The Balaban J connectivity index is 1.49. The van der Waals surface area contributed by atoms with Crippen molar-refractivity contribution in [1.82, 2.24) is 10.2 Å². The summed E-state index contributed by atoms with van der Waals surface area (Å²) in [4.78, 5) is 23.9. The van der Waals surface area contributed by atoms with Crippen LogP contribution in [0.1, 0.15) is 40.6 Å². The molecule has 3 aromatic rings. The van der Waals surface area contributed by atoms with Crippen LogP contribution < -0.4 is 0 Å². The predicted octanol–water partition coefficient (Wildman–Crippen LogP) is 4.31. The molecule has 0 saturated heterocycles. The first-order chi connectivity index (χ1) is 12.9. The smallest absolute Gasteiger partial charge is 0.306 e. The second kappa shape index (κ2) is 8.18. The summed E-state index contributed by atoms with van der Waals surface area (Å²) in [6.07, 6.45) is 0.00548. The fraction of sp³-hybridized carbons (Fsp3) is 0.263. The average Bonchev–Trinajstić information content (AvgIpc) is 3.24. The number of ether oxygens (including phenoxy) is 1. The lowest BCUT2D eigenvalue weighted by Gasteiger charge is -2.02. The molecule has 7 nitrogen and oxygen atoms in total. The highest BCUT2D eigenvalue weighted by Gasteiger charge is 2.16. The number of Topliss-reactive ketones (excluding diaryl/α,β-unsaturated/α-hetero) is 1. The molecule has 0 unspecified atom stereocenters. The number of furan rings is 1. The molecule has 0 fully saturated rings. The first-order valence-electron chi connectivity index (χ1n) is 8.26. The topological polar surface area (TPSA) is 95.4 Å². The van der Waals surface area contributed by atoms with Gasteiger partial charge in [-0.15, -0.1) is 10.2 Å². The molecule has 0 amide bonds. The number of carbonyl (C=O) groups is 2. The van der Waals surface area contributed by atoms with Gasteiger partial charge >= 0.3 is 5.97 Å². The second-order valence-electron chi connectivity index (χ2n) is 5.92. The maximum Gasteiger partial charge on any atom is 0.306 e. The fourth-order valence-corrected chi connectivity index (χ4v) is 2.60. The van der Waals surface area contributed by atoms with Crippen molar-refractivity contribution >= 4 is 23.4 Å². The molecule has 0 spiro atoms. The number of aryl methyl sites for hydroxylation is 2. The zero-order chi connectivity index (χ0) is 19.4. The van der Waals surface area contributed by atoms with E-state index >= 15 is 0 Å². The van der Waals surface area contributed by atoms with Gasteiger partial charge < -0.3 is 13.6 Å². The predicted molar refractivity (Wildman–Crippen MR) is 96.3 cm³/mol. The van der Waals surface area contributed by atoms with Crippen LogP contribution in [0.5, 0.6) is 0 Å². The maximum absolute atomic E-state index is 12.0. The van der Waals surface area contributed by atoms with Gasteiger partial charge in [-0.3, -0.25) is 9.59 Å². The van der Waals surface area contributed by atoms with Crippen molar-refractivity contribution in [3.05, 3.63) is 58.3 Å². The molecule has 140 valence electrons. The minimum atomic E-state index is -0.521.